The molecule has 0 atom stereocenters. The Morgan fingerprint density at radius 1 is 0.302 bits per heavy atom. The van der Waals surface area contributed by atoms with E-state index in [1.165, 1.54) is 21.9 Å². The van der Waals surface area contributed by atoms with Gasteiger partial charge in [-0.25, -0.2) is 15.0 Å². The molecule has 294 valence electrons. The van der Waals surface area contributed by atoms with Crippen molar-refractivity contribution in [3.63, 3.8) is 0 Å². The molecule has 4 aromatic heterocycles. The minimum Gasteiger partial charge on any atom is -0.456 e. The van der Waals surface area contributed by atoms with Crippen LogP contribution in [0.4, 0.5) is 0 Å². The third-order valence-corrected chi connectivity index (χ3v) is 12.2. The van der Waals surface area contributed by atoms with Crippen molar-refractivity contribution in [2.45, 2.75) is 0 Å². The fourth-order valence-corrected chi connectivity index (χ4v) is 9.26. The van der Waals surface area contributed by atoms with Gasteiger partial charge in [-0.2, -0.15) is 0 Å². The van der Waals surface area contributed by atoms with Crippen molar-refractivity contribution in [3.05, 3.63) is 206 Å². The molecule has 4 heterocycles. The lowest BCUT2D eigenvalue weighted by molar-refractivity contribution is 0.668. The van der Waals surface area contributed by atoms with E-state index in [2.05, 4.69) is 138 Å². The number of nitrogens with zero attached hydrogens (tertiary/aromatic N) is 4. The van der Waals surface area contributed by atoms with Crippen molar-refractivity contribution in [1.29, 1.82) is 0 Å². The summed E-state index contributed by atoms with van der Waals surface area (Å²) in [5.74, 6) is 1.77. The van der Waals surface area contributed by atoms with E-state index < -0.39 is 0 Å². The van der Waals surface area contributed by atoms with Crippen LogP contribution in [0.2, 0.25) is 0 Å². The van der Waals surface area contributed by atoms with Gasteiger partial charge in [-0.15, -0.1) is 0 Å². The van der Waals surface area contributed by atoms with Gasteiger partial charge in [0.1, 0.15) is 22.3 Å². The molecule has 0 aliphatic heterocycles. The highest BCUT2D eigenvalue weighted by Crippen LogP contribution is 2.42. The zero-order valence-corrected chi connectivity index (χ0v) is 33.7. The van der Waals surface area contributed by atoms with Crippen LogP contribution >= 0.6 is 0 Å². The van der Waals surface area contributed by atoms with Gasteiger partial charge < -0.3 is 13.4 Å². The van der Waals surface area contributed by atoms with Gasteiger partial charge in [-0.05, 0) is 95.6 Å². The third-order valence-electron chi connectivity index (χ3n) is 12.2. The lowest BCUT2D eigenvalue weighted by Gasteiger charge is -2.12. The zero-order chi connectivity index (χ0) is 41.4. The molecule has 63 heavy (non-hydrogen) atoms. The summed E-state index contributed by atoms with van der Waals surface area (Å²) in [6, 6.07) is 71.8. The number of furan rings is 2. The molecule has 0 unspecified atom stereocenters. The second-order valence-electron chi connectivity index (χ2n) is 16.0. The first-order chi connectivity index (χ1) is 31.2. The quantitative estimate of drug-likeness (QED) is 0.167. The Morgan fingerprint density at radius 2 is 0.778 bits per heavy atom. The number of para-hydroxylation sites is 3. The number of hydrogen-bond acceptors (Lipinski definition) is 5. The summed E-state index contributed by atoms with van der Waals surface area (Å²) in [5.41, 5.74) is 14.0. The van der Waals surface area contributed by atoms with Crippen molar-refractivity contribution in [2.24, 2.45) is 0 Å². The van der Waals surface area contributed by atoms with Crippen molar-refractivity contribution >= 4 is 65.7 Å². The molecule has 0 saturated heterocycles. The Labute approximate surface area is 361 Å². The predicted molar refractivity (Wildman–Crippen MR) is 256 cm³/mol. The standard InChI is InChI=1S/C57H34N4O2/c1-4-13-35(14-5-1)37-23-27-49-45(31-37)44-21-12-20-42(54(44)61(49)41-17-8-3-9-18-41)38-24-28-52-47(32-38)48-34-40(26-30-53(48)63-52)57-59-55(36-15-6-2-7-16-36)58-56(60-57)39-25-29-51-46(33-39)43-19-10-11-22-50(43)62-51/h1-34H. The van der Waals surface area contributed by atoms with Crippen molar-refractivity contribution < 1.29 is 8.83 Å². The van der Waals surface area contributed by atoms with Crippen molar-refractivity contribution in [1.82, 2.24) is 19.5 Å². The Balaban J connectivity index is 0.980. The molecule has 0 spiro atoms. The number of hydrogen-bond donors (Lipinski definition) is 0. The number of aromatic nitrogens is 4. The van der Waals surface area contributed by atoms with Crippen LogP contribution in [-0.4, -0.2) is 19.5 Å². The summed E-state index contributed by atoms with van der Waals surface area (Å²) in [4.78, 5) is 15.3. The first kappa shape index (κ1) is 35.2. The first-order valence-electron chi connectivity index (χ1n) is 21.1. The fourth-order valence-electron chi connectivity index (χ4n) is 9.26. The smallest absolute Gasteiger partial charge is 0.164 e. The summed E-state index contributed by atoms with van der Waals surface area (Å²) in [6.07, 6.45) is 0. The highest BCUT2D eigenvalue weighted by atomic mass is 16.3. The van der Waals surface area contributed by atoms with Crippen LogP contribution in [0.1, 0.15) is 0 Å². The normalized spacial score (nSPS) is 11.8. The predicted octanol–water partition coefficient (Wildman–Crippen LogP) is 15.1. The van der Waals surface area contributed by atoms with E-state index in [4.69, 9.17) is 23.8 Å². The van der Waals surface area contributed by atoms with E-state index in [1.54, 1.807) is 0 Å². The maximum atomic E-state index is 6.51. The minimum absolute atomic E-state index is 0.579. The van der Waals surface area contributed by atoms with Gasteiger partial charge >= 0.3 is 0 Å². The van der Waals surface area contributed by atoms with Crippen LogP contribution in [0.3, 0.4) is 0 Å². The van der Waals surface area contributed by atoms with Gasteiger partial charge in [0.15, 0.2) is 17.5 Å². The van der Waals surface area contributed by atoms with Crippen molar-refractivity contribution in [3.8, 4) is 62.1 Å². The van der Waals surface area contributed by atoms with Crippen LogP contribution in [0.15, 0.2) is 215 Å². The molecule has 13 aromatic rings. The second-order valence-corrected chi connectivity index (χ2v) is 16.0. The molecule has 0 fully saturated rings. The molecule has 0 aliphatic rings. The zero-order valence-electron chi connectivity index (χ0n) is 33.7. The average Bonchev–Trinajstić information content (AvgIpc) is 4.03. The Morgan fingerprint density at radius 3 is 1.44 bits per heavy atom. The lowest BCUT2D eigenvalue weighted by atomic mass is 9.98. The Hall–Kier alpha value is -8.61. The summed E-state index contributed by atoms with van der Waals surface area (Å²) in [6.45, 7) is 0. The first-order valence-corrected chi connectivity index (χ1v) is 21.1. The summed E-state index contributed by atoms with van der Waals surface area (Å²) < 4.78 is 15.1. The molecule has 0 saturated carbocycles. The van der Waals surface area contributed by atoms with Crippen molar-refractivity contribution in [2.75, 3.05) is 0 Å². The van der Waals surface area contributed by atoms with Gasteiger partial charge in [-0.3, -0.25) is 0 Å². The molecule has 0 N–H and O–H groups in total. The summed E-state index contributed by atoms with van der Waals surface area (Å²) in [7, 11) is 0. The number of rotatable bonds is 6. The molecular formula is C57H34N4O2. The van der Waals surface area contributed by atoms with Gasteiger partial charge in [0, 0.05) is 60.3 Å². The highest BCUT2D eigenvalue weighted by Gasteiger charge is 2.20. The molecule has 9 aromatic carbocycles. The topological polar surface area (TPSA) is 69.9 Å². The monoisotopic (exact) mass is 806 g/mol. The molecular weight excluding hydrogens is 773 g/mol. The van der Waals surface area contributed by atoms with Gasteiger partial charge in [-0.1, -0.05) is 127 Å². The summed E-state index contributed by atoms with van der Waals surface area (Å²) in [5, 5.41) is 6.49. The third kappa shape index (κ3) is 5.76. The van der Waals surface area contributed by atoms with E-state index in [0.29, 0.717) is 17.5 Å². The van der Waals surface area contributed by atoms with E-state index in [1.807, 2.05) is 72.8 Å². The highest BCUT2D eigenvalue weighted by molar-refractivity contribution is 6.16. The van der Waals surface area contributed by atoms with E-state index >= 15 is 0 Å². The maximum Gasteiger partial charge on any atom is 0.164 e. The molecule has 6 nitrogen and oxygen atoms in total. The Kier molecular flexibility index (Phi) is 7.80. The second kappa shape index (κ2) is 14.0. The lowest BCUT2D eigenvalue weighted by Crippen LogP contribution is -2.00. The summed E-state index contributed by atoms with van der Waals surface area (Å²) >= 11 is 0. The van der Waals surface area contributed by atoms with Gasteiger partial charge in [0.25, 0.3) is 0 Å². The van der Waals surface area contributed by atoms with Crippen LogP contribution in [0, 0.1) is 0 Å². The molecule has 0 radical (unpaired) electrons. The molecule has 13 rings (SSSR count). The van der Waals surface area contributed by atoms with Crippen LogP contribution in [0.5, 0.6) is 0 Å². The number of fused-ring (bicyclic) bond motifs is 9. The fraction of sp³-hybridized carbons (Fsp3) is 0. The van der Waals surface area contributed by atoms with Crippen LogP contribution < -0.4 is 0 Å². The number of benzene rings is 9. The van der Waals surface area contributed by atoms with Gasteiger partial charge in [0.2, 0.25) is 0 Å². The average molecular weight is 807 g/mol. The van der Waals surface area contributed by atoms with Crippen LogP contribution in [0.25, 0.3) is 128 Å². The van der Waals surface area contributed by atoms with E-state index in [9.17, 15) is 0 Å². The SMILES string of the molecule is c1ccc(-c2ccc3c(c2)c2cccc(-c4ccc5oc6ccc(-c7nc(-c8ccccc8)nc(-c8ccc9oc%10ccccc%10c9c8)n7)cc6c5c4)c2n3-c2ccccc2)cc1. The van der Waals surface area contributed by atoms with Gasteiger partial charge in [0.05, 0.1) is 11.0 Å². The Bertz CT molecular complexity index is 3900. The molecule has 0 aliphatic carbocycles. The van der Waals surface area contributed by atoms with E-state index in [0.717, 1.165) is 88.4 Å². The van der Waals surface area contributed by atoms with E-state index in [-0.39, 0.29) is 0 Å². The molecule has 6 heteroatoms. The minimum atomic E-state index is 0.579. The molecule has 0 bridgehead atoms. The molecule has 0 amide bonds. The maximum absolute atomic E-state index is 6.51. The largest absolute Gasteiger partial charge is 0.456 e. The van der Waals surface area contributed by atoms with Crippen LogP contribution in [-0.2, 0) is 0 Å².